The van der Waals surface area contributed by atoms with Gasteiger partial charge in [0, 0.05) is 23.0 Å². The molecule has 4 heteroatoms. The van der Waals surface area contributed by atoms with Crippen LogP contribution in [-0.4, -0.2) is 22.6 Å². The van der Waals surface area contributed by atoms with Crippen LogP contribution in [0.25, 0.3) is 10.9 Å². The molecule has 0 unspecified atom stereocenters. The Morgan fingerprint density at radius 3 is 2.56 bits per heavy atom. The number of esters is 1. The number of aromatic amines is 1. The molecule has 1 fully saturated rings. The smallest absolute Gasteiger partial charge is 0.324 e. The largest absolute Gasteiger partial charge is 0.459 e. The van der Waals surface area contributed by atoms with E-state index in [0.717, 1.165) is 29.3 Å². The molecule has 25 heavy (non-hydrogen) atoms. The van der Waals surface area contributed by atoms with Crippen molar-refractivity contribution in [2.24, 2.45) is 11.7 Å². The highest BCUT2D eigenvalue weighted by Crippen LogP contribution is 2.40. The third-order valence-electron chi connectivity index (χ3n) is 5.20. The number of para-hydroxylation sites is 1. The fourth-order valence-corrected chi connectivity index (χ4v) is 4.12. The first-order chi connectivity index (χ1) is 11.9. The van der Waals surface area contributed by atoms with Crippen LogP contribution in [0.15, 0.2) is 30.5 Å². The molecule has 0 aliphatic heterocycles. The van der Waals surface area contributed by atoms with Gasteiger partial charge in [0.25, 0.3) is 0 Å². The number of rotatable bonds is 4. The molecule has 0 radical (unpaired) electrons. The van der Waals surface area contributed by atoms with Crippen molar-refractivity contribution in [3.8, 4) is 0 Å². The molecule has 0 saturated heterocycles. The summed E-state index contributed by atoms with van der Waals surface area (Å²) in [6.45, 7) is 5.66. The van der Waals surface area contributed by atoms with Gasteiger partial charge < -0.3 is 15.5 Å². The van der Waals surface area contributed by atoms with E-state index in [1.807, 2.05) is 39.1 Å². The zero-order valence-corrected chi connectivity index (χ0v) is 15.5. The van der Waals surface area contributed by atoms with E-state index < -0.39 is 11.6 Å². The predicted octanol–water partition coefficient (Wildman–Crippen LogP) is 4.50. The minimum atomic E-state index is -0.637. The minimum absolute atomic E-state index is 0.00806. The zero-order chi connectivity index (χ0) is 18.0. The summed E-state index contributed by atoms with van der Waals surface area (Å²) < 4.78 is 5.61. The van der Waals surface area contributed by atoms with Gasteiger partial charge >= 0.3 is 5.97 Å². The second-order valence-electron chi connectivity index (χ2n) is 8.27. The van der Waals surface area contributed by atoms with Crippen LogP contribution in [-0.2, 0) is 9.53 Å². The van der Waals surface area contributed by atoms with Gasteiger partial charge in [-0.25, -0.2) is 0 Å². The number of carbonyl (C=O) groups is 1. The molecule has 4 nitrogen and oxygen atoms in total. The van der Waals surface area contributed by atoms with Gasteiger partial charge in [-0.05, 0) is 51.2 Å². The molecule has 1 aliphatic carbocycles. The standard InChI is InChI=1S/C21H30N2O2/c1-21(2,3)25-20(24)19(22)18(14-9-5-4-6-10-14)16-13-23-17-12-8-7-11-15(16)17/h7-8,11-14,18-19,23H,4-6,9-10,22H2,1-3H3/t18-,19+/m1/s1. The van der Waals surface area contributed by atoms with Crippen molar-refractivity contribution in [1.29, 1.82) is 0 Å². The zero-order valence-electron chi connectivity index (χ0n) is 15.5. The van der Waals surface area contributed by atoms with Crippen molar-refractivity contribution in [1.82, 2.24) is 4.98 Å². The topological polar surface area (TPSA) is 68.1 Å². The summed E-state index contributed by atoms with van der Waals surface area (Å²) in [6.07, 6.45) is 7.99. The Balaban J connectivity index is 1.96. The summed E-state index contributed by atoms with van der Waals surface area (Å²) in [6, 6.07) is 7.60. The first kappa shape index (κ1) is 18.0. The summed E-state index contributed by atoms with van der Waals surface area (Å²) >= 11 is 0. The second kappa shape index (κ2) is 7.20. The molecule has 0 bridgehead atoms. The molecule has 136 valence electrons. The fourth-order valence-electron chi connectivity index (χ4n) is 4.12. The average molecular weight is 342 g/mol. The lowest BCUT2D eigenvalue weighted by atomic mass is 9.73. The fraction of sp³-hybridized carbons (Fsp3) is 0.571. The Labute approximate surface area is 150 Å². The summed E-state index contributed by atoms with van der Waals surface area (Å²) in [7, 11) is 0. The first-order valence-corrected chi connectivity index (χ1v) is 9.41. The van der Waals surface area contributed by atoms with E-state index >= 15 is 0 Å². The van der Waals surface area contributed by atoms with E-state index in [0.29, 0.717) is 5.92 Å². The van der Waals surface area contributed by atoms with Crippen molar-refractivity contribution in [3.05, 3.63) is 36.0 Å². The molecule has 3 N–H and O–H groups in total. The van der Waals surface area contributed by atoms with Gasteiger partial charge in [-0.15, -0.1) is 0 Å². The lowest BCUT2D eigenvalue weighted by molar-refractivity contribution is -0.157. The Morgan fingerprint density at radius 2 is 1.88 bits per heavy atom. The van der Waals surface area contributed by atoms with E-state index in [4.69, 9.17) is 10.5 Å². The predicted molar refractivity (Wildman–Crippen MR) is 101 cm³/mol. The maximum absolute atomic E-state index is 12.7. The van der Waals surface area contributed by atoms with Gasteiger partial charge in [-0.1, -0.05) is 37.5 Å². The number of nitrogens with two attached hydrogens (primary N) is 1. The number of fused-ring (bicyclic) bond motifs is 1. The molecule has 1 saturated carbocycles. The van der Waals surface area contributed by atoms with E-state index in [1.54, 1.807) is 0 Å². The van der Waals surface area contributed by atoms with E-state index in [-0.39, 0.29) is 11.9 Å². The number of aromatic nitrogens is 1. The van der Waals surface area contributed by atoms with Crippen molar-refractivity contribution >= 4 is 16.9 Å². The van der Waals surface area contributed by atoms with E-state index in [2.05, 4.69) is 17.1 Å². The highest BCUT2D eigenvalue weighted by molar-refractivity contribution is 5.85. The van der Waals surface area contributed by atoms with Crippen LogP contribution in [0.5, 0.6) is 0 Å². The number of hydrogen-bond donors (Lipinski definition) is 2. The van der Waals surface area contributed by atoms with Gasteiger partial charge in [0.05, 0.1) is 0 Å². The van der Waals surface area contributed by atoms with Crippen LogP contribution in [0, 0.1) is 5.92 Å². The highest BCUT2D eigenvalue weighted by atomic mass is 16.6. The van der Waals surface area contributed by atoms with E-state index in [9.17, 15) is 4.79 Å². The van der Waals surface area contributed by atoms with Crippen molar-refractivity contribution in [2.75, 3.05) is 0 Å². The maximum Gasteiger partial charge on any atom is 0.324 e. The Morgan fingerprint density at radius 1 is 1.20 bits per heavy atom. The highest BCUT2D eigenvalue weighted by Gasteiger charge is 2.37. The van der Waals surface area contributed by atoms with Gasteiger partial charge in [0.2, 0.25) is 0 Å². The normalized spacial score (nSPS) is 18.9. The SMILES string of the molecule is CC(C)(C)OC(=O)[C@@H](N)[C@@H](c1c[nH]c2ccccc12)C1CCCCC1. The lowest BCUT2D eigenvalue weighted by Crippen LogP contribution is -2.44. The quantitative estimate of drug-likeness (QED) is 0.804. The lowest BCUT2D eigenvalue weighted by Gasteiger charge is -2.34. The third-order valence-corrected chi connectivity index (χ3v) is 5.20. The van der Waals surface area contributed by atoms with Crippen LogP contribution >= 0.6 is 0 Å². The second-order valence-corrected chi connectivity index (χ2v) is 8.27. The van der Waals surface area contributed by atoms with Gasteiger partial charge in [0.1, 0.15) is 11.6 Å². The van der Waals surface area contributed by atoms with Crippen LogP contribution in [0.3, 0.4) is 0 Å². The number of benzene rings is 1. The first-order valence-electron chi connectivity index (χ1n) is 9.41. The summed E-state index contributed by atoms with van der Waals surface area (Å²) in [5.74, 6) is 0.120. The molecule has 0 spiro atoms. The Kier molecular flexibility index (Phi) is 5.19. The van der Waals surface area contributed by atoms with Gasteiger partial charge in [-0.3, -0.25) is 4.79 Å². The van der Waals surface area contributed by atoms with Crippen molar-refractivity contribution in [2.45, 2.75) is 70.4 Å². The van der Waals surface area contributed by atoms with Crippen molar-refractivity contribution in [3.63, 3.8) is 0 Å². The number of H-pyrrole nitrogens is 1. The molecule has 1 aliphatic rings. The summed E-state index contributed by atoms with van der Waals surface area (Å²) in [5, 5.41) is 1.16. The van der Waals surface area contributed by atoms with Crippen LogP contribution in [0.2, 0.25) is 0 Å². The Hall–Kier alpha value is -1.81. The Bertz CT molecular complexity index is 723. The maximum atomic E-state index is 12.7. The van der Waals surface area contributed by atoms with Crippen LogP contribution in [0.4, 0.5) is 0 Å². The molecular weight excluding hydrogens is 312 g/mol. The summed E-state index contributed by atoms with van der Waals surface area (Å²) in [5.41, 5.74) is 8.22. The monoisotopic (exact) mass is 342 g/mol. The minimum Gasteiger partial charge on any atom is -0.459 e. The summed E-state index contributed by atoms with van der Waals surface area (Å²) in [4.78, 5) is 16.1. The number of ether oxygens (including phenoxy) is 1. The number of nitrogens with one attached hydrogen (secondary N) is 1. The molecule has 2 atom stereocenters. The molecule has 2 aromatic rings. The van der Waals surface area contributed by atoms with Crippen LogP contribution in [0.1, 0.15) is 64.4 Å². The number of hydrogen-bond acceptors (Lipinski definition) is 3. The van der Waals surface area contributed by atoms with E-state index in [1.165, 1.54) is 19.3 Å². The molecule has 1 heterocycles. The third kappa shape index (κ3) is 4.06. The van der Waals surface area contributed by atoms with Crippen LogP contribution < -0.4 is 5.73 Å². The van der Waals surface area contributed by atoms with Crippen molar-refractivity contribution < 1.29 is 9.53 Å². The molecule has 1 aromatic carbocycles. The molecule has 3 rings (SSSR count). The average Bonchev–Trinajstić information content (AvgIpc) is 2.98. The number of carbonyl (C=O) groups excluding carboxylic acids is 1. The van der Waals surface area contributed by atoms with Gasteiger partial charge in [0.15, 0.2) is 0 Å². The van der Waals surface area contributed by atoms with Gasteiger partial charge in [-0.2, -0.15) is 0 Å². The molecule has 0 amide bonds. The molecule has 1 aromatic heterocycles. The molecular formula is C21H30N2O2.